The van der Waals surface area contributed by atoms with Crippen molar-refractivity contribution in [3.63, 3.8) is 0 Å². The van der Waals surface area contributed by atoms with Gasteiger partial charge in [0.15, 0.2) is 0 Å². The van der Waals surface area contributed by atoms with Crippen LogP contribution < -0.4 is 0 Å². The molecule has 1 aliphatic heterocycles. The Morgan fingerprint density at radius 3 is 2.40 bits per heavy atom. The summed E-state index contributed by atoms with van der Waals surface area (Å²) >= 11 is 0. The van der Waals surface area contributed by atoms with Gasteiger partial charge in [0.25, 0.3) is 0 Å². The van der Waals surface area contributed by atoms with Crippen molar-refractivity contribution < 1.29 is 9.23 Å². The minimum Gasteiger partial charge on any atom is -0.437 e. The molecule has 58 valence electrons. The minimum atomic E-state index is -0.630. The monoisotopic (exact) mass is 161 g/mol. The molecule has 1 heterocycles. The van der Waals surface area contributed by atoms with Crippen LogP contribution in [0.2, 0.25) is 6.82 Å². The van der Waals surface area contributed by atoms with Crippen LogP contribution in [0.4, 0.5) is 0 Å². The Morgan fingerprint density at radius 1 is 1.50 bits per heavy atom. The highest BCUT2D eigenvalue weighted by Crippen LogP contribution is 2.00. The van der Waals surface area contributed by atoms with Crippen LogP contribution in [0.1, 0.15) is 0 Å². The van der Waals surface area contributed by atoms with Gasteiger partial charge in [-0.2, -0.15) is 0 Å². The summed E-state index contributed by atoms with van der Waals surface area (Å²) in [7, 11) is -1.01. The average molecular weight is 161 g/mol. The van der Waals surface area contributed by atoms with E-state index in [1.165, 1.54) is 0 Å². The lowest BCUT2D eigenvalue weighted by atomic mass is 9.85. The third-order valence-electron chi connectivity index (χ3n) is 1.74. The molecule has 0 unspecified atom stereocenters. The average Bonchev–Trinajstić information content (AvgIpc) is 1.88. The zero-order valence-electron chi connectivity index (χ0n) is 6.12. The van der Waals surface area contributed by atoms with Crippen molar-refractivity contribution in [2.24, 2.45) is 0 Å². The standard InChI is InChI=1S/C5H12BNO2S/c1-6(8)7-2-4-10(9)5-3-7/h8H,2-5H2,1H3. The molecule has 3 nitrogen and oxygen atoms in total. The van der Waals surface area contributed by atoms with Crippen LogP contribution in [-0.2, 0) is 10.8 Å². The smallest absolute Gasteiger partial charge is 0.376 e. The van der Waals surface area contributed by atoms with Crippen molar-refractivity contribution in [3.8, 4) is 0 Å². The second kappa shape index (κ2) is 3.50. The summed E-state index contributed by atoms with van der Waals surface area (Å²) in [6.45, 7) is 3.28. The van der Waals surface area contributed by atoms with Crippen molar-refractivity contribution in [2.75, 3.05) is 24.6 Å². The third kappa shape index (κ3) is 2.07. The van der Waals surface area contributed by atoms with E-state index in [4.69, 9.17) is 5.02 Å². The van der Waals surface area contributed by atoms with Gasteiger partial charge < -0.3 is 9.83 Å². The van der Waals surface area contributed by atoms with Gasteiger partial charge in [-0.15, -0.1) is 0 Å². The molecular formula is C5H12BNO2S. The maximum Gasteiger partial charge on any atom is 0.376 e. The van der Waals surface area contributed by atoms with Gasteiger partial charge in [-0.1, -0.05) is 0 Å². The summed E-state index contributed by atoms with van der Waals surface area (Å²) < 4.78 is 10.8. The van der Waals surface area contributed by atoms with Crippen LogP contribution in [0.5, 0.6) is 0 Å². The lowest BCUT2D eigenvalue weighted by molar-refractivity contribution is 0.390. The topological polar surface area (TPSA) is 40.5 Å². The van der Waals surface area contributed by atoms with Crippen LogP contribution in [0.3, 0.4) is 0 Å². The normalized spacial score (nSPS) is 23.0. The molecule has 1 N–H and O–H groups in total. The Balaban J connectivity index is 2.33. The Bertz CT molecular complexity index is 132. The molecule has 0 aromatic heterocycles. The van der Waals surface area contributed by atoms with Crippen molar-refractivity contribution in [1.82, 2.24) is 4.81 Å². The van der Waals surface area contributed by atoms with E-state index in [1.54, 1.807) is 6.82 Å². The zero-order chi connectivity index (χ0) is 7.56. The number of hydrogen-bond acceptors (Lipinski definition) is 3. The molecule has 0 spiro atoms. The summed E-state index contributed by atoms with van der Waals surface area (Å²) in [5.74, 6) is 1.43. The molecule has 1 saturated heterocycles. The molecular weight excluding hydrogens is 149 g/mol. The third-order valence-corrected chi connectivity index (χ3v) is 3.02. The maximum atomic E-state index is 10.8. The van der Waals surface area contributed by atoms with Gasteiger partial charge in [0.1, 0.15) is 0 Å². The Kier molecular flexibility index (Phi) is 2.89. The predicted molar refractivity (Wildman–Crippen MR) is 43.3 cm³/mol. The first-order valence-corrected chi connectivity index (χ1v) is 4.96. The van der Waals surface area contributed by atoms with Gasteiger partial charge in [-0.25, -0.2) is 0 Å². The highest BCUT2D eigenvalue weighted by molar-refractivity contribution is 7.85. The molecule has 1 rings (SSSR count). The van der Waals surface area contributed by atoms with Crippen molar-refractivity contribution in [1.29, 1.82) is 0 Å². The molecule has 0 aromatic rings. The second-order valence-electron chi connectivity index (χ2n) is 2.52. The van der Waals surface area contributed by atoms with E-state index in [0.29, 0.717) is 11.5 Å². The van der Waals surface area contributed by atoms with Gasteiger partial charge in [-0.05, 0) is 6.82 Å². The maximum absolute atomic E-state index is 10.8. The SMILES string of the molecule is CB(O)N1CCS(=O)CC1. The van der Waals surface area contributed by atoms with Crippen molar-refractivity contribution in [2.45, 2.75) is 6.82 Å². The highest BCUT2D eigenvalue weighted by Gasteiger charge is 2.20. The van der Waals surface area contributed by atoms with Crippen LogP contribution >= 0.6 is 0 Å². The molecule has 1 aliphatic rings. The molecule has 0 radical (unpaired) electrons. The second-order valence-corrected chi connectivity index (χ2v) is 4.21. The fourth-order valence-electron chi connectivity index (χ4n) is 1.03. The minimum absolute atomic E-state index is 0.378. The van der Waals surface area contributed by atoms with Crippen molar-refractivity contribution >= 4 is 17.9 Å². The van der Waals surface area contributed by atoms with Gasteiger partial charge in [0.05, 0.1) is 0 Å². The Labute approximate surface area is 64.0 Å². The van der Waals surface area contributed by atoms with Crippen LogP contribution in [0.25, 0.3) is 0 Å². The van der Waals surface area contributed by atoms with Gasteiger partial charge in [-0.3, -0.25) is 4.21 Å². The quantitative estimate of drug-likeness (QED) is 0.510. The molecule has 5 heteroatoms. The van der Waals surface area contributed by atoms with E-state index >= 15 is 0 Å². The highest BCUT2D eigenvalue weighted by atomic mass is 32.2. The summed E-state index contributed by atoms with van der Waals surface area (Å²) in [5.41, 5.74) is 0. The Morgan fingerprint density at radius 2 is 2.00 bits per heavy atom. The number of nitrogens with zero attached hydrogens (tertiary/aromatic N) is 1. The molecule has 0 aromatic carbocycles. The van der Waals surface area contributed by atoms with Crippen molar-refractivity contribution in [3.05, 3.63) is 0 Å². The Hall–Kier alpha value is 0.135. The van der Waals surface area contributed by atoms with Gasteiger partial charge in [0.2, 0.25) is 0 Å². The largest absolute Gasteiger partial charge is 0.437 e. The van der Waals surface area contributed by atoms with Gasteiger partial charge >= 0.3 is 7.05 Å². The van der Waals surface area contributed by atoms with Crippen LogP contribution in [-0.4, -0.2) is 45.7 Å². The van der Waals surface area contributed by atoms with E-state index < -0.39 is 10.8 Å². The fourth-order valence-corrected chi connectivity index (χ4v) is 2.11. The van der Waals surface area contributed by atoms with E-state index in [0.717, 1.165) is 13.1 Å². The number of rotatable bonds is 1. The molecule has 0 bridgehead atoms. The molecule has 0 aliphatic carbocycles. The predicted octanol–water partition coefficient (Wildman–Crippen LogP) is -0.839. The van der Waals surface area contributed by atoms with Gasteiger partial charge in [0, 0.05) is 35.4 Å². The van der Waals surface area contributed by atoms with E-state index in [1.807, 2.05) is 4.81 Å². The first kappa shape index (κ1) is 8.23. The first-order valence-electron chi connectivity index (χ1n) is 3.47. The van der Waals surface area contributed by atoms with Crippen LogP contribution in [0, 0.1) is 0 Å². The molecule has 0 amide bonds. The lowest BCUT2D eigenvalue weighted by Crippen LogP contribution is -2.45. The summed E-state index contributed by atoms with van der Waals surface area (Å²) in [6, 6.07) is 0. The van der Waals surface area contributed by atoms with E-state index in [2.05, 4.69) is 0 Å². The summed E-state index contributed by atoms with van der Waals surface area (Å²) in [6.07, 6.45) is 0. The molecule has 0 atom stereocenters. The van der Waals surface area contributed by atoms with E-state index in [-0.39, 0.29) is 7.05 Å². The lowest BCUT2D eigenvalue weighted by Gasteiger charge is -2.26. The fraction of sp³-hybridized carbons (Fsp3) is 1.00. The first-order chi connectivity index (χ1) is 4.70. The summed E-state index contributed by atoms with van der Waals surface area (Å²) in [5, 5.41) is 9.09. The molecule has 0 saturated carbocycles. The molecule has 1 fully saturated rings. The summed E-state index contributed by atoms with van der Waals surface area (Å²) in [4.78, 5) is 1.93. The van der Waals surface area contributed by atoms with Crippen LogP contribution in [0.15, 0.2) is 0 Å². The number of hydrogen-bond donors (Lipinski definition) is 1. The molecule has 10 heavy (non-hydrogen) atoms. The van der Waals surface area contributed by atoms with E-state index in [9.17, 15) is 4.21 Å². The zero-order valence-corrected chi connectivity index (χ0v) is 6.93.